The van der Waals surface area contributed by atoms with Crippen molar-refractivity contribution in [2.45, 2.75) is 19.0 Å². The predicted molar refractivity (Wildman–Crippen MR) is 112 cm³/mol. The molecule has 4 rings (SSSR count). The van der Waals surface area contributed by atoms with E-state index < -0.39 is 9.84 Å². The maximum Gasteiger partial charge on any atom is 0.164 e. The number of aryl methyl sites for hydroxylation is 1. The zero-order chi connectivity index (χ0) is 18.9. The van der Waals surface area contributed by atoms with Gasteiger partial charge in [-0.25, -0.2) is 8.42 Å². The van der Waals surface area contributed by atoms with Crippen molar-refractivity contribution in [1.29, 1.82) is 0 Å². The van der Waals surface area contributed by atoms with Gasteiger partial charge < -0.3 is 9.64 Å². The van der Waals surface area contributed by atoms with E-state index in [4.69, 9.17) is 9.73 Å². The number of fused-ring (bicyclic) bond motifs is 1. The van der Waals surface area contributed by atoms with Gasteiger partial charge in [-0.3, -0.25) is 4.99 Å². The Morgan fingerprint density at radius 1 is 1.11 bits per heavy atom. The molecule has 27 heavy (non-hydrogen) atoms. The molecule has 2 aromatic carbocycles. The summed E-state index contributed by atoms with van der Waals surface area (Å²) in [5, 5.41) is 0.889. The van der Waals surface area contributed by atoms with Crippen LogP contribution in [0.4, 0.5) is 5.69 Å². The molecule has 1 saturated heterocycles. The van der Waals surface area contributed by atoms with Gasteiger partial charge in [0.05, 0.1) is 30.2 Å². The molecule has 0 aromatic heterocycles. The largest absolute Gasteiger partial charge is 0.493 e. The minimum atomic E-state index is -3.02. The number of ether oxygens (including phenoxy) is 1. The van der Waals surface area contributed by atoms with Crippen LogP contribution in [0.5, 0.6) is 5.75 Å². The monoisotopic (exact) mass is 402 g/mol. The molecule has 0 unspecified atom stereocenters. The Bertz CT molecular complexity index is 927. The first kappa shape index (κ1) is 18.4. The molecule has 142 valence electrons. The van der Waals surface area contributed by atoms with Gasteiger partial charge in [0.1, 0.15) is 5.75 Å². The third-order valence-corrected chi connectivity index (χ3v) is 7.38. The van der Waals surface area contributed by atoms with Crippen LogP contribution in [0.3, 0.4) is 0 Å². The summed E-state index contributed by atoms with van der Waals surface area (Å²) >= 11 is 1.62. The van der Waals surface area contributed by atoms with Gasteiger partial charge in [-0.05, 0) is 31.2 Å². The number of hydrogen-bond donors (Lipinski definition) is 0. The van der Waals surface area contributed by atoms with Gasteiger partial charge in [0.2, 0.25) is 0 Å². The smallest absolute Gasteiger partial charge is 0.164 e. The molecule has 0 bridgehead atoms. The molecule has 2 aliphatic rings. The van der Waals surface area contributed by atoms with Crippen LogP contribution in [0.25, 0.3) is 0 Å². The lowest BCUT2D eigenvalue weighted by atomic mass is 10.1. The van der Waals surface area contributed by atoms with Crippen LogP contribution in [-0.2, 0) is 9.84 Å². The zero-order valence-corrected chi connectivity index (χ0v) is 16.7. The van der Waals surface area contributed by atoms with Crippen LogP contribution in [-0.4, -0.2) is 49.5 Å². The summed E-state index contributed by atoms with van der Waals surface area (Å²) in [5.41, 5.74) is 2.18. The average Bonchev–Trinajstić information content (AvgIpc) is 3.11. The molecule has 0 radical (unpaired) electrons. The normalized spacial score (nSPS) is 23.1. The van der Waals surface area contributed by atoms with E-state index in [-0.39, 0.29) is 23.6 Å². The molecule has 5 nitrogen and oxygen atoms in total. The summed E-state index contributed by atoms with van der Waals surface area (Å²) in [6, 6.07) is 17.6. The number of anilines is 1. The Morgan fingerprint density at radius 3 is 2.59 bits per heavy atom. The van der Waals surface area contributed by atoms with E-state index in [2.05, 4.69) is 4.90 Å². The quantitative estimate of drug-likeness (QED) is 0.719. The van der Waals surface area contributed by atoms with Crippen molar-refractivity contribution < 1.29 is 13.2 Å². The van der Waals surface area contributed by atoms with Gasteiger partial charge in [0.15, 0.2) is 15.0 Å². The minimum Gasteiger partial charge on any atom is -0.493 e. The van der Waals surface area contributed by atoms with E-state index in [9.17, 15) is 8.42 Å². The van der Waals surface area contributed by atoms with Crippen molar-refractivity contribution in [3.8, 4) is 5.75 Å². The summed E-state index contributed by atoms with van der Waals surface area (Å²) in [7, 11) is -3.02. The molecule has 0 saturated carbocycles. The first-order chi connectivity index (χ1) is 13.0. The van der Waals surface area contributed by atoms with Crippen molar-refractivity contribution in [2.24, 2.45) is 4.99 Å². The highest BCUT2D eigenvalue weighted by Gasteiger charge is 2.47. The molecule has 2 heterocycles. The van der Waals surface area contributed by atoms with Gasteiger partial charge in [0, 0.05) is 11.4 Å². The number of sulfone groups is 1. The number of para-hydroxylation sites is 1. The second-order valence-electron chi connectivity index (χ2n) is 6.84. The Morgan fingerprint density at radius 2 is 1.85 bits per heavy atom. The molecule has 2 aromatic rings. The van der Waals surface area contributed by atoms with Gasteiger partial charge >= 0.3 is 0 Å². The fraction of sp³-hybridized carbons (Fsp3) is 0.350. The number of rotatable bonds is 5. The average molecular weight is 403 g/mol. The van der Waals surface area contributed by atoms with Crippen LogP contribution in [0, 0.1) is 6.92 Å². The number of thioether (sulfide) groups is 1. The lowest BCUT2D eigenvalue weighted by molar-refractivity contribution is 0.344. The molecular formula is C20H22N2O3S2. The summed E-state index contributed by atoms with van der Waals surface area (Å²) in [4.78, 5) is 6.84. The van der Waals surface area contributed by atoms with Crippen molar-refractivity contribution in [1.82, 2.24) is 0 Å². The van der Waals surface area contributed by atoms with E-state index in [1.54, 1.807) is 11.8 Å². The molecule has 1 fully saturated rings. The SMILES string of the molecule is Cc1ccc(N2C(SCCOc3ccccc3)=N[C@H]3CS(=O)(=O)C[C@@H]32)cc1. The van der Waals surface area contributed by atoms with Crippen LogP contribution in [0.15, 0.2) is 59.6 Å². The second-order valence-corrected chi connectivity index (χ2v) is 10.1. The van der Waals surface area contributed by atoms with Crippen LogP contribution in [0.1, 0.15) is 5.56 Å². The standard InChI is InChI=1S/C20H22N2O3S2/c1-15-7-9-16(10-8-15)22-19-14-27(23,24)13-18(19)21-20(22)26-12-11-25-17-5-3-2-4-6-17/h2-10,18-19H,11-14H2,1H3/t18-,19-/m0/s1. The Balaban J connectivity index is 1.46. The minimum absolute atomic E-state index is 0.102. The molecule has 2 aliphatic heterocycles. The first-order valence-electron chi connectivity index (χ1n) is 8.97. The number of nitrogens with zero attached hydrogens (tertiary/aromatic N) is 2. The van der Waals surface area contributed by atoms with Crippen LogP contribution >= 0.6 is 11.8 Å². The maximum absolute atomic E-state index is 12.1. The predicted octanol–water partition coefficient (Wildman–Crippen LogP) is 3.15. The van der Waals surface area contributed by atoms with E-state index in [0.717, 1.165) is 22.4 Å². The maximum atomic E-state index is 12.1. The lowest BCUT2D eigenvalue weighted by Gasteiger charge is -2.26. The van der Waals surface area contributed by atoms with Crippen molar-refractivity contribution in [2.75, 3.05) is 28.8 Å². The van der Waals surface area contributed by atoms with E-state index in [0.29, 0.717) is 6.61 Å². The van der Waals surface area contributed by atoms with Crippen molar-refractivity contribution in [3.63, 3.8) is 0 Å². The summed E-state index contributed by atoms with van der Waals surface area (Å²) in [5.74, 6) is 1.91. The van der Waals surface area contributed by atoms with Gasteiger partial charge in [-0.15, -0.1) is 0 Å². The Labute approximate surface area is 164 Å². The lowest BCUT2D eigenvalue weighted by Crippen LogP contribution is -2.39. The van der Waals surface area contributed by atoms with Gasteiger partial charge in [-0.1, -0.05) is 47.7 Å². The van der Waals surface area contributed by atoms with Crippen LogP contribution < -0.4 is 9.64 Å². The molecule has 0 spiro atoms. The highest BCUT2D eigenvalue weighted by Crippen LogP contribution is 2.35. The fourth-order valence-corrected chi connectivity index (χ4v) is 6.23. The highest BCUT2D eigenvalue weighted by molar-refractivity contribution is 8.14. The van der Waals surface area contributed by atoms with E-state index in [1.807, 2.05) is 61.5 Å². The van der Waals surface area contributed by atoms with Gasteiger partial charge in [0.25, 0.3) is 0 Å². The summed E-state index contributed by atoms with van der Waals surface area (Å²) < 4.78 is 29.9. The summed E-state index contributed by atoms with van der Waals surface area (Å²) in [6.45, 7) is 2.62. The molecule has 2 atom stereocenters. The second kappa shape index (κ2) is 7.56. The Kier molecular flexibility index (Phi) is 5.14. The molecule has 7 heteroatoms. The third-order valence-electron chi connectivity index (χ3n) is 4.75. The van der Waals surface area contributed by atoms with Crippen molar-refractivity contribution >= 4 is 32.5 Å². The number of aliphatic imine (C=N–C) groups is 1. The van der Waals surface area contributed by atoms with Gasteiger partial charge in [-0.2, -0.15) is 0 Å². The molecule has 0 N–H and O–H groups in total. The summed E-state index contributed by atoms with van der Waals surface area (Å²) in [6.07, 6.45) is 0. The van der Waals surface area contributed by atoms with E-state index >= 15 is 0 Å². The number of amidine groups is 1. The fourth-order valence-electron chi connectivity index (χ4n) is 3.45. The van der Waals surface area contributed by atoms with Crippen LogP contribution in [0.2, 0.25) is 0 Å². The topological polar surface area (TPSA) is 59.0 Å². The molecule has 0 amide bonds. The first-order valence-corrected chi connectivity index (χ1v) is 11.8. The third kappa shape index (κ3) is 4.14. The number of benzene rings is 2. The Hall–Kier alpha value is -1.99. The zero-order valence-electron chi connectivity index (χ0n) is 15.1. The molecular weight excluding hydrogens is 380 g/mol. The van der Waals surface area contributed by atoms with E-state index in [1.165, 1.54) is 5.56 Å². The molecule has 0 aliphatic carbocycles. The van der Waals surface area contributed by atoms with Crippen molar-refractivity contribution in [3.05, 3.63) is 60.2 Å². The number of hydrogen-bond acceptors (Lipinski definition) is 6. The highest BCUT2D eigenvalue weighted by atomic mass is 32.2.